The molecule has 0 bridgehead atoms. The van der Waals surface area contributed by atoms with Crippen LogP contribution in [0.5, 0.6) is 0 Å². The molecular weight excluding hydrogens is 673 g/mol. The van der Waals surface area contributed by atoms with Crippen LogP contribution in [0.1, 0.15) is 249 Å². The highest BCUT2D eigenvalue weighted by atomic mass is 14.3. The Bertz CT molecular complexity index is 624. The topological polar surface area (TPSA) is 0 Å². The molecule has 12 unspecified atom stereocenters. The van der Waals surface area contributed by atoms with Crippen LogP contribution in [-0.2, 0) is 0 Å². The minimum Gasteiger partial charge on any atom is -0.0776 e. The van der Waals surface area contributed by atoms with Crippen molar-refractivity contribution >= 4 is 0 Å². The van der Waals surface area contributed by atoms with Crippen molar-refractivity contribution < 1.29 is 0 Å². The fraction of sp³-hybridized carbons (Fsp3) is 1.00. The van der Waals surface area contributed by atoms with Gasteiger partial charge in [-0.25, -0.2) is 0 Å². The van der Waals surface area contributed by atoms with E-state index in [-0.39, 0.29) is 29.7 Å². The van der Waals surface area contributed by atoms with Crippen molar-refractivity contribution in [2.45, 2.75) is 249 Å². The molecule has 0 fully saturated rings. The Balaban J connectivity index is -0.0000000893. The van der Waals surface area contributed by atoms with E-state index in [4.69, 9.17) is 0 Å². The van der Waals surface area contributed by atoms with Crippen molar-refractivity contribution in [1.29, 1.82) is 0 Å². The summed E-state index contributed by atoms with van der Waals surface area (Å²) >= 11 is 0. The lowest BCUT2D eigenvalue weighted by Gasteiger charge is -2.29. The summed E-state index contributed by atoms with van der Waals surface area (Å²) in [5, 5.41) is 0. The second-order valence-corrected chi connectivity index (χ2v) is 22.3. The zero-order valence-corrected chi connectivity index (χ0v) is 42.4. The summed E-state index contributed by atoms with van der Waals surface area (Å²) in [5.41, 5.74) is 0. The fourth-order valence-corrected chi connectivity index (χ4v) is 8.33. The van der Waals surface area contributed by atoms with Gasteiger partial charge in [-0.3, -0.25) is 0 Å². The van der Waals surface area contributed by atoms with Gasteiger partial charge in [-0.2, -0.15) is 0 Å². The van der Waals surface area contributed by atoms with E-state index >= 15 is 0 Å². The Labute approximate surface area is 366 Å². The lowest BCUT2D eigenvalue weighted by Crippen LogP contribution is -2.21. The predicted molar refractivity (Wildman–Crippen MR) is 274 cm³/mol. The van der Waals surface area contributed by atoms with Gasteiger partial charge in [0.05, 0.1) is 0 Å². The SMILES string of the molecule is C.C.C.C.CC(C)CC(C)C(C)C(C)C(C)C.CC(C)CC(C)C(C)C(C)C(C)C.CC(C)CC(C)C(C)C(C)C(C)C.CC(C)CC(C)C(C)C(C)C(C)C. The first-order valence-corrected chi connectivity index (χ1v) is 23.4. The third-order valence-corrected chi connectivity index (χ3v) is 14.5. The summed E-state index contributed by atoms with van der Waals surface area (Å²) < 4.78 is 0. The molecule has 0 aromatic carbocycles. The Morgan fingerprint density at radius 2 is 0.286 bits per heavy atom. The fourth-order valence-electron chi connectivity index (χ4n) is 8.33. The van der Waals surface area contributed by atoms with Crippen molar-refractivity contribution in [1.82, 2.24) is 0 Å². The van der Waals surface area contributed by atoms with Gasteiger partial charge >= 0.3 is 0 Å². The van der Waals surface area contributed by atoms with E-state index in [0.717, 1.165) is 118 Å². The molecule has 0 aliphatic rings. The maximum absolute atomic E-state index is 2.41. The van der Waals surface area contributed by atoms with Crippen LogP contribution in [0, 0.1) is 118 Å². The standard InChI is InChI=1S/4C13H28.4CH4/c4*1-9(2)8-11(5)13(7)12(6)10(3)4;;;;/h4*9-13H,8H2,1-7H3;4*1H4. The minimum absolute atomic E-state index is 0. The molecule has 0 heteroatoms. The largest absolute Gasteiger partial charge is 0.0776 e. The predicted octanol–water partition coefficient (Wildman–Crippen LogP) is 20.9. The molecule has 0 nitrogen and oxygen atoms in total. The summed E-state index contributed by atoms with van der Waals surface area (Å²) in [6.07, 6.45) is 5.49. The Kier molecular flexibility index (Phi) is 51.4. The minimum atomic E-state index is 0. The first kappa shape index (κ1) is 73.5. The van der Waals surface area contributed by atoms with E-state index in [1.54, 1.807) is 0 Å². The van der Waals surface area contributed by atoms with Gasteiger partial charge in [-0.15, -0.1) is 0 Å². The highest BCUT2D eigenvalue weighted by Gasteiger charge is 2.24. The highest BCUT2D eigenvalue weighted by molar-refractivity contribution is 4.74. The van der Waals surface area contributed by atoms with Crippen LogP contribution in [-0.4, -0.2) is 0 Å². The van der Waals surface area contributed by atoms with Crippen LogP contribution < -0.4 is 0 Å². The van der Waals surface area contributed by atoms with E-state index in [9.17, 15) is 0 Å². The lowest BCUT2D eigenvalue weighted by molar-refractivity contribution is 0.201. The highest BCUT2D eigenvalue weighted by Crippen LogP contribution is 2.33. The molecule has 0 saturated heterocycles. The van der Waals surface area contributed by atoms with Crippen LogP contribution in [0.2, 0.25) is 0 Å². The molecule has 0 spiro atoms. The molecule has 0 amide bonds. The maximum Gasteiger partial charge on any atom is -0.0389 e. The first-order chi connectivity index (χ1) is 23.4. The first-order valence-electron chi connectivity index (χ1n) is 23.4. The summed E-state index contributed by atoms with van der Waals surface area (Å²) in [6.45, 7) is 66.1. The van der Waals surface area contributed by atoms with E-state index in [2.05, 4.69) is 194 Å². The average Bonchev–Trinajstić information content (AvgIpc) is 3.00. The van der Waals surface area contributed by atoms with Gasteiger partial charge < -0.3 is 0 Å². The van der Waals surface area contributed by atoms with Gasteiger partial charge in [0.15, 0.2) is 0 Å². The normalized spacial score (nSPS) is 17.8. The van der Waals surface area contributed by atoms with Crippen molar-refractivity contribution in [2.24, 2.45) is 118 Å². The van der Waals surface area contributed by atoms with E-state index in [1.807, 2.05) is 0 Å². The molecule has 0 heterocycles. The number of hydrogen-bond donors (Lipinski definition) is 0. The van der Waals surface area contributed by atoms with Crippen molar-refractivity contribution in [3.8, 4) is 0 Å². The van der Waals surface area contributed by atoms with Gasteiger partial charge in [0.1, 0.15) is 0 Å². The average molecular weight is 802 g/mol. The lowest BCUT2D eigenvalue weighted by atomic mass is 9.76. The Hall–Kier alpha value is 0. The number of rotatable bonds is 20. The van der Waals surface area contributed by atoms with E-state index in [1.165, 1.54) is 25.7 Å². The molecule has 0 N–H and O–H groups in total. The Morgan fingerprint density at radius 1 is 0.179 bits per heavy atom. The van der Waals surface area contributed by atoms with Crippen LogP contribution in [0.4, 0.5) is 0 Å². The van der Waals surface area contributed by atoms with Crippen LogP contribution in [0.25, 0.3) is 0 Å². The molecule has 0 saturated carbocycles. The molecule has 0 aromatic rings. The summed E-state index contributed by atoms with van der Waals surface area (Å²) in [6, 6.07) is 0. The summed E-state index contributed by atoms with van der Waals surface area (Å²) in [4.78, 5) is 0. The molecule has 56 heavy (non-hydrogen) atoms. The molecule has 12 atom stereocenters. The van der Waals surface area contributed by atoms with Crippen LogP contribution in [0.3, 0.4) is 0 Å². The maximum atomic E-state index is 2.41. The molecular formula is C56H128. The monoisotopic (exact) mass is 801 g/mol. The van der Waals surface area contributed by atoms with Crippen molar-refractivity contribution in [2.75, 3.05) is 0 Å². The summed E-state index contributed by atoms with van der Waals surface area (Å²) in [7, 11) is 0. The molecule has 0 aliphatic carbocycles. The molecule has 0 rings (SSSR count). The van der Waals surface area contributed by atoms with Gasteiger partial charge in [-0.05, 0) is 144 Å². The smallest absolute Gasteiger partial charge is 0.0389 e. The van der Waals surface area contributed by atoms with Gasteiger partial charge in [0.25, 0.3) is 0 Å². The van der Waals surface area contributed by atoms with E-state index in [0.29, 0.717) is 0 Å². The molecule has 0 radical (unpaired) electrons. The summed E-state index contributed by atoms with van der Waals surface area (Å²) in [5.74, 6) is 17.0. The second kappa shape index (κ2) is 39.2. The third-order valence-electron chi connectivity index (χ3n) is 14.5. The van der Waals surface area contributed by atoms with Crippen molar-refractivity contribution in [3.63, 3.8) is 0 Å². The zero-order chi connectivity index (χ0) is 42.4. The van der Waals surface area contributed by atoms with Crippen molar-refractivity contribution in [3.05, 3.63) is 0 Å². The molecule has 0 aliphatic heterocycles. The molecule has 0 aromatic heterocycles. The second-order valence-electron chi connectivity index (χ2n) is 22.3. The number of hydrogen-bond acceptors (Lipinski definition) is 0. The Morgan fingerprint density at radius 3 is 0.357 bits per heavy atom. The van der Waals surface area contributed by atoms with Gasteiger partial charge in [-0.1, -0.05) is 224 Å². The van der Waals surface area contributed by atoms with Gasteiger partial charge in [0, 0.05) is 0 Å². The zero-order valence-electron chi connectivity index (χ0n) is 42.4. The van der Waals surface area contributed by atoms with E-state index < -0.39 is 0 Å². The van der Waals surface area contributed by atoms with Crippen LogP contribution in [0.15, 0.2) is 0 Å². The third kappa shape index (κ3) is 37.0. The van der Waals surface area contributed by atoms with Crippen LogP contribution >= 0.6 is 0 Å². The quantitative estimate of drug-likeness (QED) is 0.115. The molecule has 352 valence electrons. The van der Waals surface area contributed by atoms with Gasteiger partial charge in [0.2, 0.25) is 0 Å².